The molecule has 1 aliphatic carbocycles. The Hall–Kier alpha value is -0.490. The van der Waals surface area contributed by atoms with E-state index in [0.717, 1.165) is 29.3 Å². The molecule has 2 atom stereocenters. The molecule has 2 N–H and O–H groups in total. The maximum Gasteiger partial charge on any atom is 0.255 e. The normalized spacial score (nSPS) is 23.7. The largest absolute Gasteiger partial charge is 0.507 e. The molecule has 3 nitrogen and oxygen atoms in total. The molecule has 0 aliphatic heterocycles. The number of aromatic hydroxyl groups is 1. The van der Waals surface area contributed by atoms with Crippen LogP contribution in [0.2, 0.25) is 0 Å². The summed E-state index contributed by atoms with van der Waals surface area (Å²) in [5, 5.41) is 12.6. The highest BCUT2D eigenvalue weighted by molar-refractivity contribution is 14.1. The summed E-state index contributed by atoms with van der Waals surface area (Å²) in [7, 11) is 0. The molecule has 0 aromatic heterocycles. The van der Waals surface area contributed by atoms with Crippen molar-refractivity contribution in [3.8, 4) is 5.75 Å². The van der Waals surface area contributed by atoms with Crippen LogP contribution in [0.3, 0.4) is 0 Å². The Balaban J connectivity index is 2.09. The topological polar surface area (TPSA) is 49.3 Å². The van der Waals surface area contributed by atoms with Gasteiger partial charge in [-0.25, -0.2) is 0 Å². The van der Waals surface area contributed by atoms with Crippen molar-refractivity contribution in [3.63, 3.8) is 0 Å². The number of amides is 1. The number of rotatable bonds is 2. The van der Waals surface area contributed by atoms with Crippen molar-refractivity contribution in [2.45, 2.75) is 37.1 Å². The summed E-state index contributed by atoms with van der Waals surface area (Å²) in [5.41, 5.74) is 0.316. The van der Waals surface area contributed by atoms with E-state index in [1.807, 2.05) is 0 Å². The molecule has 0 radical (unpaired) electrons. The molecule has 0 heterocycles. The van der Waals surface area contributed by atoms with Gasteiger partial charge in [0.25, 0.3) is 5.91 Å². The standard InChI is InChI=1S/C13H15ClINO2/c14-10-3-1-2-4-11(10)16-13(18)9-7-8(15)5-6-12(9)17/h5-7,10-11,17H,1-4H2,(H,16,18). The van der Waals surface area contributed by atoms with Crippen LogP contribution >= 0.6 is 34.2 Å². The number of halogens is 2. The van der Waals surface area contributed by atoms with Crippen LogP contribution in [-0.2, 0) is 0 Å². The molecular formula is C13H15ClINO2. The van der Waals surface area contributed by atoms with E-state index in [0.29, 0.717) is 5.56 Å². The van der Waals surface area contributed by atoms with Crippen LogP contribution in [-0.4, -0.2) is 22.4 Å². The smallest absolute Gasteiger partial charge is 0.255 e. The van der Waals surface area contributed by atoms with Crippen molar-refractivity contribution in [1.82, 2.24) is 5.32 Å². The summed E-state index contributed by atoms with van der Waals surface area (Å²) in [6, 6.07) is 4.98. The second-order valence-electron chi connectivity index (χ2n) is 4.54. The van der Waals surface area contributed by atoms with Crippen LogP contribution in [0.5, 0.6) is 5.75 Å². The molecule has 1 aromatic carbocycles. The molecule has 5 heteroatoms. The molecule has 0 bridgehead atoms. The number of phenols is 1. The fraction of sp³-hybridized carbons (Fsp3) is 0.462. The third-order valence-corrected chi connectivity index (χ3v) is 4.39. The zero-order valence-electron chi connectivity index (χ0n) is 9.83. The van der Waals surface area contributed by atoms with Crippen LogP contribution in [0.15, 0.2) is 18.2 Å². The summed E-state index contributed by atoms with van der Waals surface area (Å²) in [5.74, 6) is -0.238. The highest BCUT2D eigenvalue weighted by Crippen LogP contribution is 2.25. The van der Waals surface area contributed by atoms with Gasteiger partial charge in [-0.3, -0.25) is 4.79 Å². The first-order valence-corrected chi connectivity index (χ1v) is 7.53. The van der Waals surface area contributed by atoms with E-state index in [2.05, 4.69) is 27.9 Å². The van der Waals surface area contributed by atoms with Gasteiger partial charge in [0.1, 0.15) is 5.75 Å². The average molecular weight is 380 g/mol. The first kappa shape index (κ1) is 13.9. The summed E-state index contributed by atoms with van der Waals surface area (Å²) in [6.07, 6.45) is 4.05. The minimum Gasteiger partial charge on any atom is -0.507 e. The fourth-order valence-corrected chi connectivity index (χ4v) is 3.02. The van der Waals surface area contributed by atoms with Gasteiger partial charge >= 0.3 is 0 Å². The Bertz CT molecular complexity index is 453. The molecule has 2 rings (SSSR count). The first-order chi connectivity index (χ1) is 8.58. The van der Waals surface area contributed by atoms with E-state index in [4.69, 9.17) is 11.6 Å². The van der Waals surface area contributed by atoms with Crippen molar-refractivity contribution in [3.05, 3.63) is 27.3 Å². The minimum absolute atomic E-state index is 0.00480. The molecule has 1 fully saturated rings. The van der Waals surface area contributed by atoms with Crippen molar-refractivity contribution >= 4 is 40.1 Å². The number of benzene rings is 1. The summed E-state index contributed by atoms with van der Waals surface area (Å²) >= 11 is 8.32. The van der Waals surface area contributed by atoms with Gasteiger partial charge < -0.3 is 10.4 Å². The lowest BCUT2D eigenvalue weighted by molar-refractivity contribution is 0.0926. The number of hydrogen-bond donors (Lipinski definition) is 2. The zero-order valence-corrected chi connectivity index (χ0v) is 12.7. The quantitative estimate of drug-likeness (QED) is 0.612. The van der Waals surface area contributed by atoms with Crippen LogP contribution < -0.4 is 5.32 Å². The molecule has 1 amide bonds. The van der Waals surface area contributed by atoms with E-state index < -0.39 is 0 Å². The van der Waals surface area contributed by atoms with Crippen molar-refractivity contribution in [2.24, 2.45) is 0 Å². The molecule has 0 spiro atoms. The third-order valence-electron chi connectivity index (χ3n) is 3.20. The Labute approximate surface area is 125 Å². The van der Waals surface area contributed by atoms with Gasteiger partial charge in [0.2, 0.25) is 0 Å². The number of carbonyl (C=O) groups excluding carboxylic acids is 1. The number of alkyl halides is 1. The molecule has 0 saturated heterocycles. The zero-order chi connectivity index (χ0) is 13.1. The predicted octanol–water partition coefficient (Wildman–Crippen LogP) is 3.28. The predicted molar refractivity (Wildman–Crippen MR) is 80.2 cm³/mol. The summed E-state index contributed by atoms with van der Waals surface area (Å²) in [6.45, 7) is 0. The molecular weight excluding hydrogens is 365 g/mol. The Morgan fingerprint density at radius 1 is 1.39 bits per heavy atom. The monoisotopic (exact) mass is 379 g/mol. The Morgan fingerprint density at radius 2 is 2.11 bits per heavy atom. The minimum atomic E-state index is -0.247. The third kappa shape index (κ3) is 3.29. The van der Waals surface area contributed by atoms with Crippen molar-refractivity contribution in [1.29, 1.82) is 0 Å². The second kappa shape index (κ2) is 6.10. The Morgan fingerprint density at radius 3 is 2.83 bits per heavy atom. The lowest BCUT2D eigenvalue weighted by Gasteiger charge is -2.27. The van der Waals surface area contributed by atoms with Gasteiger partial charge in [-0.2, -0.15) is 0 Å². The van der Waals surface area contributed by atoms with E-state index in [1.54, 1.807) is 12.1 Å². The maximum absolute atomic E-state index is 12.1. The molecule has 1 aliphatic rings. The van der Waals surface area contributed by atoms with Gasteiger partial charge in [-0.15, -0.1) is 11.6 Å². The van der Waals surface area contributed by atoms with Gasteiger partial charge in [-0.1, -0.05) is 12.8 Å². The highest BCUT2D eigenvalue weighted by atomic mass is 127. The van der Waals surface area contributed by atoms with Crippen LogP contribution in [0.1, 0.15) is 36.0 Å². The van der Waals surface area contributed by atoms with Gasteiger partial charge in [0, 0.05) is 9.61 Å². The Kier molecular flexibility index (Phi) is 4.72. The fourth-order valence-electron chi connectivity index (χ4n) is 2.18. The van der Waals surface area contributed by atoms with E-state index in [1.165, 1.54) is 6.07 Å². The van der Waals surface area contributed by atoms with E-state index >= 15 is 0 Å². The summed E-state index contributed by atoms with van der Waals surface area (Å²) < 4.78 is 0.918. The van der Waals surface area contributed by atoms with Crippen molar-refractivity contribution in [2.75, 3.05) is 0 Å². The number of nitrogens with one attached hydrogen (secondary N) is 1. The van der Waals surface area contributed by atoms with E-state index in [-0.39, 0.29) is 23.1 Å². The number of phenolic OH excluding ortho intramolecular Hbond substituents is 1. The van der Waals surface area contributed by atoms with Crippen LogP contribution in [0.25, 0.3) is 0 Å². The lowest BCUT2D eigenvalue weighted by atomic mass is 9.94. The van der Waals surface area contributed by atoms with Gasteiger partial charge in [0.15, 0.2) is 0 Å². The molecule has 1 saturated carbocycles. The molecule has 2 unspecified atom stereocenters. The van der Waals surface area contributed by atoms with Gasteiger partial charge in [-0.05, 0) is 53.6 Å². The van der Waals surface area contributed by atoms with Crippen LogP contribution in [0, 0.1) is 3.57 Å². The molecule has 1 aromatic rings. The summed E-state index contributed by atoms with van der Waals surface area (Å²) in [4.78, 5) is 12.1. The average Bonchev–Trinajstić information content (AvgIpc) is 2.35. The number of carbonyl (C=O) groups is 1. The molecule has 98 valence electrons. The second-order valence-corrected chi connectivity index (χ2v) is 6.35. The van der Waals surface area contributed by atoms with Gasteiger partial charge in [0.05, 0.1) is 10.9 Å². The molecule has 18 heavy (non-hydrogen) atoms. The highest BCUT2D eigenvalue weighted by Gasteiger charge is 2.25. The SMILES string of the molecule is O=C(NC1CCCCC1Cl)c1cc(I)ccc1O. The van der Waals surface area contributed by atoms with Crippen LogP contribution in [0.4, 0.5) is 0 Å². The first-order valence-electron chi connectivity index (χ1n) is 6.01. The van der Waals surface area contributed by atoms with Crippen molar-refractivity contribution < 1.29 is 9.90 Å². The van der Waals surface area contributed by atoms with E-state index in [9.17, 15) is 9.90 Å². The number of hydrogen-bond acceptors (Lipinski definition) is 2. The lowest BCUT2D eigenvalue weighted by Crippen LogP contribution is -2.42. The maximum atomic E-state index is 12.1.